The van der Waals surface area contributed by atoms with Gasteiger partial charge in [0.1, 0.15) is 18.2 Å². The van der Waals surface area contributed by atoms with Gasteiger partial charge in [0.2, 0.25) is 5.88 Å². The van der Waals surface area contributed by atoms with Gasteiger partial charge >= 0.3 is 0 Å². The van der Waals surface area contributed by atoms with E-state index in [4.69, 9.17) is 24.7 Å². The van der Waals surface area contributed by atoms with E-state index in [0.717, 1.165) is 73.4 Å². The summed E-state index contributed by atoms with van der Waals surface area (Å²) in [7, 11) is 0. The predicted molar refractivity (Wildman–Crippen MR) is 159 cm³/mol. The average molecular weight is 579 g/mol. The fourth-order valence-corrected chi connectivity index (χ4v) is 6.10. The molecule has 0 amide bonds. The number of aromatic amines is 1. The Morgan fingerprint density at radius 1 is 1.07 bits per heavy atom. The van der Waals surface area contributed by atoms with Crippen LogP contribution in [-0.2, 0) is 24.4 Å². The predicted octanol–water partition coefficient (Wildman–Crippen LogP) is 5.03. The van der Waals surface area contributed by atoms with Gasteiger partial charge in [0.15, 0.2) is 0 Å². The number of ether oxygens (including phenoxy) is 2. The lowest BCUT2D eigenvalue weighted by atomic mass is 9.93. The maximum absolute atomic E-state index is 14.3. The largest absolute Gasteiger partial charge is 0.473 e. The molecular weight excluding hydrogens is 547 g/mol. The molecule has 2 fully saturated rings. The molecule has 0 radical (unpaired) electrons. The van der Waals surface area contributed by atoms with Crippen molar-refractivity contribution in [3.05, 3.63) is 99.6 Å². The molecule has 2 saturated heterocycles. The van der Waals surface area contributed by atoms with Gasteiger partial charge in [-0.15, -0.1) is 0 Å². The number of imidazole rings is 1. The number of halogens is 1. The van der Waals surface area contributed by atoms with Crippen LogP contribution >= 0.6 is 0 Å². The van der Waals surface area contributed by atoms with Crippen molar-refractivity contribution in [2.45, 2.75) is 51.0 Å². The van der Waals surface area contributed by atoms with E-state index in [1.54, 1.807) is 24.4 Å². The number of piperidine rings is 1. The number of fused-ring (bicyclic) bond motifs is 3. The Morgan fingerprint density at radius 2 is 1.93 bits per heavy atom. The monoisotopic (exact) mass is 578 g/mol. The van der Waals surface area contributed by atoms with Gasteiger partial charge in [-0.25, -0.2) is 14.4 Å². The second kappa shape index (κ2) is 11.6. The summed E-state index contributed by atoms with van der Waals surface area (Å²) >= 11 is 0. The fraction of sp³-hybridized carbons (Fsp3) is 0.333. The molecule has 1 atom stereocenters. The molecule has 0 aliphatic carbocycles. The number of nitrogens with one attached hydrogen (secondary N) is 1. The van der Waals surface area contributed by atoms with Gasteiger partial charge in [0.25, 0.3) is 5.56 Å². The fourth-order valence-electron chi connectivity index (χ4n) is 6.10. The summed E-state index contributed by atoms with van der Waals surface area (Å²) in [6.45, 7) is 4.06. The number of rotatable bonds is 8. The molecule has 3 aromatic heterocycles. The SMILES string of the molecule is N#Cc1ccc(COc2cccc(C3CCN(Cc4nc5ccc6c(=O)[nH]ccc6c5n4C[C@@H]4CCO4)CC3)n2)c(F)c1. The number of hydrogen-bond donors (Lipinski definition) is 1. The van der Waals surface area contributed by atoms with Gasteiger partial charge in [0, 0.05) is 46.8 Å². The molecule has 5 heterocycles. The first-order valence-corrected chi connectivity index (χ1v) is 14.7. The summed E-state index contributed by atoms with van der Waals surface area (Å²) in [5.41, 5.74) is 3.43. The molecule has 0 bridgehead atoms. The molecular formula is C33H31FN6O3. The lowest BCUT2D eigenvalue weighted by Crippen LogP contribution is -2.35. The highest BCUT2D eigenvalue weighted by molar-refractivity contribution is 6.04. The van der Waals surface area contributed by atoms with Crippen LogP contribution in [0.15, 0.2) is 65.6 Å². The van der Waals surface area contributed by atoms with Crippen molar-refractivity contribution in [2.24, 2.45) is 0 Å². The lowest BCUT2D eigenvalue weighted by molar-refractivity contribution is -0.0592. The first-order chi connectivity index (χ1) is 21.1. The van der Waals surface area contributed by atoms with E-state index >= 15 is 0 Å². The van der Waals surface area contributed by atoms with Gasteiger partial charge in [-0.2, -0.15) is 5.26 Å². The minimum absolute atomic E-state index is 0.0447. The summed E-state index contributed by atoms with van der Waals surface area (Å²) < 4.78 is 28.1. The third kappa shape index (κ3) is 5.49. The summed E-state index contributed by atoms with van der Waals surface area (Å²) in [4.78, 5) is 27.5. The Bertz CT molecular complexity index is 1900. The first-order valence-electron chi connectivity index (χ1n) is 14.7. The number of aromatic nitrogens is 4. The van der Waals surface area contributed by atoms with E-state index < -0.39 is 5.82 Å². The summed E-state index contributed by atoms with van der Waals surface area (Å²) in [5.74, 6) is 1.28. The number of H-pyrrole nitrogens is 1. The van der Waals surface area contributed by atoms with E-state index in [9.17, 15) is 9.18 Å². The second-order valence-electron chi connectivity index (χ2n) is 11.3. The highest BCUT2D eigenvalue weighted by Gasteiger charge is 2.26. The number of nitriles is 1. The Kier molecular flexibility index (Phi) is 7.35. The molecule has 5 aromatic rings. The van der Waals surface area contributed by atoms with Gasteiger partial charge in [0.05, 0.1) is 41.9 Å². The van der Waals surface area contributed by atoms with Gasteiger partial charge in [-0.1, -0.05) is 12.1 Å². The topological polar surface area (TPSA) is 109 Å². The van der Waals surface area contributed by atoms with Crippen molar-refractivity contribution in [3.63, 3.8) is 0 Å². The Morgan fingerprint density at radius 3 is 2.70 bits per heavy atom. The Hall–Kier alpha value is -4.59. The van der Waals surface area contributed by atoms with E-state index in [-0.39, 0.29) is 23.8 Å². The zero-order valence-corrected chi connectivity index (χ0v) is 23.6. The summed E-state index contributed by atoms with van der Waals surface area (Å²) in [6.07, 6.45) is 4.78. The van der Waals surface area contributed by atoms with Crippen molar-refractivity contribution in [2.75, 3.05) is 19.7 Å². The van der Waals surface area contributed by atoms with Crippen molar-refractivity contribution in [1.29, 1.82) is 5.26 Å². The number of nitrogens with zero attached hydrogens (tertiary/aromatic N) is 5. The molecule has 43 heavy (non-hydrogen) atoms. The molecule has 218 valence electrons. The van der Waals surface area contributed by atoms with Crippen LogP contribution in [0.4, 0.5) is 4.39 Å². The van der Waals surface area contributed by atoms with Gasteiger partial charge in [-0.05, 0) is 68.8 Å². The molecule has 2 aliphatic rings. The smallest absolute Gasteiger partial charge is 0.255 e. The number of hydrogen-bond acceptors (Lipinski definition) is 7. The zero-order valence-electron chi connectivity index (χ0n) is 23.6. The van der Waals surface area contributed by atoms with Crippen LogP contribution in [-0.4, -0.2) is 50.2 Å². The Balaban J connectivity index is 1.04. The molecule has 2 aliphatic heterocycles. The summed E-state index contributed by atoms with van der Waals surface area (Å²) in [5, 5.41) is 10.5. The van der Waals surface area contributed by atoms with E-state index in [0.29, 0.717) is 29.3 Å². The van der Waals surface area contributed by atoms with E-state index in [1.807, 2.05) is 36.4 Å². The molecule has 7 rings (SSSR count). The zero-order chi connectivity index (χ0) is 29.3. The minimum atomic E-state index is -0.460. The van der Waals surface area contributed by atoms with Crippen molar-refractivity contribution >= 4 is 21.8 Å². The molecule has 10 heteroatoms. The molecule has 0 spiro atoms. The maximum Gasteiger partial charge on any atom is 0.255 e. The number of benzene rings is 2. The van der Waals surface area contributed by atoms with E-state index in [2.05, 4.69) is 14.5 Å². The van der Waals surface area contributed by atoms with Gasteiger partial charge < -0.3 is 19.0 Å². The third-order valence-electron chi connectivity index (χ3n) is 8.59. The van der Waals surface area contributed by atoms with Crippen LogP contribution in [0.3, 0.4) is 0 Å². The molecule has 0 unspecified atom stereocenters. The number of pyridine rings is 2. The molecule has 9 nitrogen and oxygen atoms in total. The van der Waals surface area contributed by atoms with Crippen molar-refractivity contribution in [1.82, 2.24) is 24.4 Å². The van der Waals surface area contributed by atoms with Crippen molar-refractivity contribution < 1.29 is 13.9 Å². The first kappa shape index (κ1) is 27.3. The van der Waals surface area contributed by atoms with Crippen LogP contribution in [0.5, 0.6) is 5.88 Å². The third-order valence-corrected chi connectivity index (χ3v) is 8.59. The van der Waals surface area contributed by atoms with Gasteiger partial charge in [-0.3, -0.25) is 9.69 Å². The van der Waals surface area contributed by atoms with E-state index in [1.165, 1.54) is 6.07 Å². The van der Waals surface area contributed by atoms with Crippen LogP contribution in [0.25, 0.3) is 21.8 Å². The highest BCUT2D eigenvalue weighted by atomic mass is 19.1. The average Bonchev–Trinajstić information content (AvgIpc) is 3.36. The molecule has 1 N–H and O–H groups in total. The van der Waals surface area contributed by atoms with Crippen LogP contribution < -0.4 is 10.3 Å². The minimum Gasteiger partial charge on any atom is -0.473 e. The van der Waals surface area contributed by atoms with Crippen LogP contribution in [0.1, 0.15) is 47.8 Å². The number of likely N-dealkylation sites (tertiary alicyclic amines) is 1. The standard InChI is InChI=1S/C33H31FN6O3/c34-27-16-21(17-35)4-5-23(27)20-43-31-3-1-2-28(38-31)22-9-13-39(14-10-22)19-30-37-29-7-6-26-25(8-12-36-33(26)41)32(29)40(30)18-24-11-15-42-24/h1-8,12,16,22,24H,9-11,13-15,18-20H2,(H,36,41)/t24-/m0/s1. The maximum atomic E-state index is 14.3. The second-order valence-corrected chi connectivity index (χ2v) is 11.3. The van der Waals surface area contributed by atoms with Crippen molar-refractivity contribution in [3.8, 4) is 11.9 Å². The van der Waals surface area contributed by atoms with Crippen LogP contribution in [0, 0.1) is 17.1 Å². The molecule has 2 aromatic carbocycles. The normalized spacial score (nSPS) is 17.6. The quantitative estimate of drug-likeness (QED) is 0.275. The van der Waals surface area contributed by atoms with Crippen LogP contribution in [0.2, 0.25) is 0 Å². The molecule has 0 saturated carbocycles. The Labute approximate surface area is 247 Å². The highest BCUT2D eigenvalue weighted by Crippen LogP contribution is 2.31. The summed E-state index contributed by atoms with van der Waals surface area (Å²) in [6, 6.07) is 17.8. The lowest BCUT2D eigenvalue weighted by Gasteiger charge is -2.32.